The SMILES string of the molecule is C=C(C)C(=O)OP(=O)(OCC)OC(=O)C(=C)C.[Ti]. The van der Waals surface area contributed by atoms with Crippen LogP contribution in [0.1, 0.15) is 20.8 Å². The fourth-order valence-corrected chi connectivity index (χ4v) is 1.77. The fourth-order valence-electron chi connectivity index (χ4n) is 0.588. The van der Waals surface area contributed by atoms with Crippen molar-refractivity contribution in [3.05, 3.63) is 24.3 Å². The molecule has 0 aliphatic carbocycles. The van der Waals surface area contributed by atoms with Gasteiger partial charge in [-0.15, -0.1) is 0 Å². The Hall–Kier alpha value is -0.676. The molecule has 8 heteroatoms. The number of hydrogen-bond acceptors (Lipinski definition) is 6. The van der Waals surface area contributed by atoms with E-state index in [1.54, 1.807) is 0 Å². The van der Waals surface area contributed by atoms with Crippen molar-refractivity contribution in [3.63, 3.8) is 0 Å². The Balaban J connectivity index is 0. The van der Waals surface area contributed by atoms with Crippen LogP contribution < -0.4 is 0 Å². The third-order valence-corrected chi connectivity index (χ3v) is 2.73. The molecule has 6 nitrogen and oxygen atoms in total. The number of phosphoric ester groups is 1. The molecule has 0 aliphatic rings. The molecule has 0 fully saturated rings. The van der Waals surface area contributed by atoms with Crippen molar-refractivity contribution in [1.29, 1.82) is 0 Å². The predicted octanol–water partition coefficient (Wildman–Crippen LogP) is 2.37. The average molecular weight is 310 g/mol. The van der Waals surface area contributed by atoms with Crippen molar-refractivity contribution in [3.8, 4) is 0 Å². The van der Waals surface area contributed by atoms with Gasteiger partial charge >= 0.3 is 19.8 Å². The van der Waals surface area contributed by atoms with Crippen LogP contribution in [0.15, 0.2) is 24.3 Å². The molecule has 0 N–H and O–H groups in total. The minimum atomic E-state index is -4.26. The topological polar surface area (TPSA) is 78.9 Å². The summed E-state index contributed by atoms with van der Waals surface area (Å²) in [6.07, 6.45) is 0. The van der Waals surface area contributed by atoms with Crippen LogP contribution in [0.4, 0.5) is 0 Å². The summed E-state index contributed by atoms with van der Waals surface area (Å²) in [5.41, 5.74) is 0.0209. The zero-order valence-corrected chi connectivity index (χ0v) is 13.0. The van der Waals surface area contributed by atoms with Crippen LogP contribution in [0.25, 0.3) is 0 Å². The summed E-state index contributed by atoms with van der Waals surface area (Å²) < 4.78 is 25.5. The van der Waals surface area contributed by atoms with Gasteiger partial charge in [0, 0.05) is 32.9 Å². The Morgan fingerprint density at radius 2 is 1.39 bits per heavy atom. The average Bonchev–Trinajstić information content (AvgIpc) is 2.16. The zero-order valence-electron chi connectivity index (χ0n) is 10.5. The van der Waals surface area contributed by atoms with Crippen molar-refractivity contribution < 1.29 is 49.4 Å². The van der Waals surface area contributed by atoms with Gasteiger partial charge in [-0.05, 0) is 20.8 Å². The van der Waals surface area contributed by atoms with Crippen LogP contribution >= 0.6 is 7.82 Å². The van der Waals surface area contributed by atoms with Gasteiger partial charge in [0.1, 0.15) is 0 Å². The molecule has 0 aromatic heterocycles. The quantitative estimate of drug-likeness (QED) is 0.426. The molecule has 0 saturated carbocycles. The van der Waals surface area contributed by atoms with E-state index in [4.69, 9.17) is 0 Å². The standard InChI is InChI=1S/C10H15O6P.Ti/c1-6-14-17(13,15-9(11)7(2)3)16-10(12)8(4)5;/h2,4,6H2,1,3,5H3;. The van der Waals surface area contributed by atoms with E-state index in [0.29, 0.717) is 0 Å². The van der Waals surface area contributed by atoms with Gasteiger partial charge in [-0.2, -0.15) is 0 Å². The molecule has 0 rings (SSSR count). The maximum Gasteiger partial charge on any atom is 0.592 e. The van der Waals surface area contributed by atoms with E-state index in [1.165, 1.54) is 20.8 Å². The number of carbonyl (C=O) groups excluding carboxylic acids is 2. The first kappa shape index (κ1) is 19.7. The van der Waals surface area contributed by atoms with Gasteiger partial charge in [0.05, 0.1) is 6.61 Å². The number of carbonyl (C=O) groups is 2. The monoisotopic (exact) mass is 310 g/mol. The third kappa shape index (κ3) is 6.91. The smallest absolute Gasteiger partial charge is 0.358 e. The number of rotatable bonds is 6. The van der Waals surface area contributed by atoms with Crippen LogP contribution in [0.3, 0.4) is 0 Å². The molecule has 0 radical (unpaired) electrons. The second-order valence-corrected chi connectivity index (χ2v) is 4.70. The van der Waals surface area contributed by atoms with Crippen molar-refractivity contribution in [2.45, 2.75) is 20.8 Å². The summed E-state index contributed by atoms with van der Waals surface area (Å²) in [5.74, 6) is -1.92. The van der Waals surface area contributed by atoms with Gasteiger partial charge in [-0.1, -0.05) is 13.2 Å². The molecule has 0 aromatic rings. The summed E-state index contributed by atoms with van der Waals surface area (Å²) in [4.78, 5) is 22.4. The number of hydrogen-bond donors (Lipinski definition) is 0. The zero-order chi connectivity index (χ0) is 13.6. The van der Waals surface area contributed by atoms with Gasteiger partial charge in [0.2, 0.25) is 0 Å². The molecular weight excluding hydrogens is 295 g/mol. The van der Waals surface area contributed by atoms with Crippen molar-refractivity contribution in [2.24, 2.45) is 0 Å². The Labute approximate surface area is 121 Å². The summed E-state index contributed by atoms with van der Waals surface area (Å²) in [6, 6.07) is 0. The van der Waals surface area contributed by atoms with E-state index >= 15 is 0 Å². The van der Waals surface area contributed by atoms with Crippen LogP contribution in [-0.4, -0.2) is 18.5 Å². The first-order valence-electron chi connectivity index (χ1n) is 4.75. The molecule has 0 aromatic carbocycles. The van der Waals surface area contributed by atoms with Crippen molar-refractivity contribution in [2.75, 3.05) is 6.61 Å². The minimum absolute atomic E-state index is 0. The molecule has 100 valence electrons. The van der Waals surface area contributed by atoms with E-state index in [2.05, 4.69) is 26.7 Å². The first-order valence-corrected chi connectivity index (χ1v) is 6.21. The molecule has 0 aliphatic heterocycles. The maximum absolute atomic E-state index is 11.9. The van der Waals surface area contributed by atoms with Gasteiger partial charge in [0.15, 0.2) is 0 Å². The Morgan fingerprint density at radius 1 is 1.06 bits per heavy atom. The van der Waals surface area contributed by atoms with Crippen molar-refractivity contribution >= 4 is 19.8 Å². The van der Waals surface area contributed by atoms with E-state index in [9.17, 15) is 14.2 Å². The van der Waals surface area contributed by atoms with E-state index < -0.39 is 19.8 Å². The Kier molecular flexibility index (Phi) is 9.21. The third-order valence-electron chi connectivity index (χ3n) is 1.37. The van der Waals surface area contributed by atoms with E-state index in [1.807, 2.05) is 0 Å². The van der Waals surface area contributed by atoms with Crippen LogP contribution in [0.5, 0.6) is 0 Å². The summed E-state index contributed by atoms with van der Waals surface area (Å²) >= 11 is 0. The Bertz CT molecular complexity index is 371. The molecule has 0 heterocycles. The normalized spacial score (nSPS) is 9.94. The van der Waals surface area contributed by atoms with Gasteiger partial charge in [-0.3, -0.25) is 4.52 Å². The molecule has 0 bridgehead atoms. The fraction of sp³-hybridized carbons (Fsp3) is 0.400. The summed E-state index contributed by atoms with van der Waals surface area (Å²) in [5, 5.41) is 0. The first-order chi connectivity index (χ1) is 7.72. The largest absolute Gasteiger partial charge is 0.592 e. The molecule has 0 unspecified atom stereocenters. The van der Waals surface area contributed by atoms with Crippen LogP contribution in [-0.2, 0) is 49.4 Å². The van der Waals surface area contributed by atoms with Crippen molar-refractivity contribution in [1.82, 2.24) is 0 Å². The van der Waals surface area contributed by atoms with E-state index in [0.717, 1.165) is 0 Å². The minimum Gasteiger partial charge on any atom is -0.358 e. The van der Waals surface area contributed by atoms with Gasteiger partial charge < -0.3 is 9.05 Å². The van der Waals surface area contributed by atoms with Gasteiger partial charge in [-0.25, -0.2) is 14.2 Å². The second kappa shape index (κ2) is 8.43. The summed E-state index contributed by atoms with van der Waals surface area (Å²) in [6.45, 7) is 10.8. The molecule has 0 atom stereocenters. The Morgan fingerprint density at radius 3 is 1.61 bits per heavy atom. The van der Waals surface area contributed by atoms with E-state index in [-0.39, 0.29) is 39.5 Å². The molecule has 0 spiro atoms. The molecule has 0 amide bonds. The second-order valence-electron chi connectivity index (χ2n) is 3.18. The van der Waals surface area contributed by atoms with Crippen LogP contribution in [0, 0.1) is 0 Å². The predicted molar refractivity (Wildman–Crippen MR) is 61.0 cm³/mol. The van der Waals surface area contributed by atoms with Gasteiger partial charge in [0.25, 0.3) is 0 Å². The summed E-state index contributed by atoms with van der Waals surface area (Å²) in [7, 11) is -4.26. The molecular formula is C10H15O6PTi. The maximum atomic E-state index is 11.9. The number of phosphoric acid groups is 1. The van der Waals surface area contributed by atoms with Crippen LogP contribution in [0.2, 0.25) is 0 Å². The molecule has 18 heavy (non-hydrogen) atoms. The molecule has 0 saturated heterocycles.